The molecular formula is C9H11B. The molecule has 1 rings (SSSR count). The van der Waals surface area contributed by atoms with Crippen LogP contribution in [0.5, 0.6) is 0 Å². The Hall–Kier alpha value is -0.975. The molecule has 0 saturated carbocycles. The summed E-state index contributed by atoms with van der Waals surface area (Å²) in [5.74, 6) is 0. The van der Waals surface area contributed by atoms with Crippen LogP contribution in [0.25, 0.3) is 0 Å². The third-order valence-corrected chi connectivity index (χ3v) is 1.50. The molecule has 50 valence electrons. The molecule has 0 saturated heterocycles. The smallest absolute Gasteiger partial charge is 0.103 e. The van der Waals surface area contributed by atoms with Crippen molar-refractivity contribution in [2.45, 2.75) is 6.42 Å². The summed E-state index contributed by atoms with van der Waals surface area (Å²) in [6, 6.07) is 8.52. The lowest BCUT2D eigenvalue weighted by molar-refractivity contribution is 1.28. The van der Waals surface area contributed by atoms with Crippen molar-refractivity contribution >= 4 is 13.3 Å². The predicted molar refractivity (Wildman–Crippen MR) is 48.5 cm³/mol. The van der Waals surface area contributed by atoms with Crippen LogP contribution < -0.4 is 5.46 Å². The number of hydrogen-bond acceptors (Lipinski definition) is 0. The molecule has 0 aliphatic carbocycles. The summed E-state index contributed by atoms with van der Waals surface area (Å²) in [5.41, 5.74) is 2.65. The maximum absolute atomic E-state index is 3.68. The van der Waals surface area contributed by atoms with E-state index in [0.29, 0.717) is 0 Å². The van der Waals surface area contributed by atoms with E-state index in [1.807, 2.05) is 6.08 Å². The van der Waals surface area contributed by atoms with E-state index in [1.54, 1.807) is 0 Å². The van der Waals surface area contributed by atoms with Crippen molar-refractivity contribution in [3.63, 3.8) is 0 Å². The molecule has 0 heterocycles. The Balaban J connectivity index is 2.78. The summed E-state index contributed by atoms with van der Waals surface area (Å²) in [4.78, 5) is 0. The van der Waals surface area contributed by atoms with Crippen LogP contribution in [0.2, 0.25) is 0 Å². The third kappa shape index (κ3) is 1.76. The molecule has 1 aromatic rings. The molecule has 0 N–H and O–H groups in total. The van der Waals surface area contributed by atoms with Crippen molar-refractivity contribution < 1.29 is 0 Å². The largest absolute Gasteiger partial charge is 0.139 e. The molecule has 0 spiro atoms. The van der Waals surface area contributed by atoms with E-state index in [2.05, 4.69) is 38.7 Å². The van der Waals surface area contributed by atoms with Crippen molar-refractivity contribution in [1.29, 1.82) is 0 Å². The first kappa shape index (κ1) is 7.14. The van der Waals surface area contributed by atoms with Crippen LogP contribution in [0, 0.1) is 0 Å². The summed E-state index contributed by atoms with van der Waals surface area (Å²) in [6.45, 7) is 3.68. The minimum atomic E-state index is 0.972. The second-order valence-corrected chi connectivity index (χ2v) is 2.48. The van der Waals surface area contributed by atoms with E-state index in [1.165, 1.54) is 11.0 Å². The molecule has 0 aliphatic heterocycles. The lowest BCUT2D eigenvalue weighted by atomic mass is 9.95. The minimum absolute atomic E-state index is 0.972. The second kappa shape index (κ2) is 3.26. The summed E-state index contributed by atoms with van der Waals surface area (Å²) < 4.78 is 0. The van der Waals surface area contributed by atoms with Gasteiger partial charge in [-0.25, -0.2) is 0 Å². The number of allylic oxidation sites excluding steroid dienone is 1. The average Bonchev–Trinajstić information content (AvgIpc) is 1.95. The van der Waals surface area contributed by atoms with E-state index in [9.17, 15) is 0 Å². The third-order valence-electron chi connectivity index (χ3n) is 1.50. The van der Waals surface area contributed by atoms with Crippen LogP contribution in [-0.2, 0) is 6.42 Å². The predicted octanol–water partition coefficient (Wildman–Crippen LogP) is 0.673. The molecule has 0 radical (unpaired) electrons. The molecule has 0 unspecified atom stereocenters. The van der Waals surface area contributed by atoms with Gasteiger partial charge in [0.25, 0.3) is 0 Å². The van der Waals surface area contributed by atoms with Gasteiger partial charge >= 0.3 is 0 Å². The van der Waals surface area contributed by atoms with Gasteiger partial charge in [0.2, 0.25) is 0 Å². The van der Waals surface area contributed by atoms with Gasteiger partial charge in [0.15, 0.2) is 0 Å². The molecule has 0 bridgehead atoms. The van der Waals surface area contributed by atoms with Gasteiger partial charge in [0.05, 0.1) is 0 Å². The Bertz CT molecular complexity index is 211. The highest BCUT2D eigenvalue weighted by molar-refractivity contribution is 6.32. The molecule has 0 fully saturated rings. The van der Waals surface area contributed by atoms with E-state index in [-0.39, 0.29) is 0 Å². The summed E-state index contributed by atoms with van der Waals surface area (Å²) in [6.07, 6.45) is 2.89. The molecule has 10 heavy (non-hydrogen) atoms. The van der Waals surface area contributed by atoms with Crippen molar-refractivity contribution in [3.8, 4) is 0 Å². The van der Waals surface area contributed by atoms with Crippen LogP contribution >= 0.6 is 0 Å². The van der Waals surface area contributed by atoms with E-state index < -0.39 is 0 Å². The Morgan fingerprint density at radius 2 is 1.90 bits per heavy atom. The summed E-state index contributed by atoms with van der Waals surface area (Å²) in [7, 11) is 2.09. The molecule has 0 nitrogen and oxygen atoms in total. The van der Waals surface area contributed by atoms with Gasteiger partial charge in [-0.05, 0) is 12.0 Å². The number of rotatable bonds is 2. The van der Waals surface area contributed by atoms with E-state index in [4.69, 9.17) is 0 Å². The fraction of sp³-hybridized carbons (Fsp3) is 0.111. The van der Waals surface area contributed by atoms with E-state index in [0.717, 1.165) is 6.42 Å². The van der Waals surface area contributed by atoms with Gasteiger partial charge in [-0.1, -0.05) is 35.8 Å². The van der Waals surface area contributed by atoms with Crippen LogP contribution in [0.15, 0.2) is 36.9 Å². The van der Waals surface area contributed by atoms with E-state index >= 15 is 0 Å². The lowest BCUT2D eigenvalue weighted by Gasteiger charge is -1.95. The zero-order chi connectivity index (χ0) is 7.40. The quantitative estimate of drug-likeness (QED) is 0.407. The normalized spacial score (nSPS) is 9.20. The van der Waals surface area contributed by atoms with Crippen LogP contribution in [-0.4, -0.2) is 7.85 Å². The first-order valence-electron chi connectivity index (χ1n) is 3.49. The Labute approximate surface area is 63.0 Å². The highest BCUT2D eigenvalue weighted by Gasteiger charge is 1.86. The average molecular weight is 130 g/mol. The molecular weight excluding hydrogens is 119 g/mol. The zero-order valence-corrected chi connectivity index (χ0v) is 6.30. The summed E-state index contributed by atoms with van der Waals surface area (Å²) in [5, 5.41) is 0. The van der Waals surface area contributed by atoms with Crippen molar-refractivity contribution in [3.05, 3.63) is 42.5 Å². The second-order valence-electron chi connectivity index (χ2n) is 2.48. The molecule has 1 heteroatoms. The number of benzene rings is 1. The molecule has 0 atom stereocenters. The summed E-state index contributed by atoms with van der Waals surface area (Å²) >= 11 is 0. The van der Waals surface area contributed by atoms with Gasteiger partial charge in [-0.2, -0.15) is 0 Å². The van der Waals surface area contributed by atoms with Crippen molar-refractivity contribution in [2.24, 2.45) is 0 Å². The van der Waals surface area contributed by atoms with Gasteiger partial charge in [0.1, 0.15) is 7.85 Å². The maximum Gasteiger partial charge on any atom is 0.139 e. The monoisotopic (exact) mass is 130 g/mol. The standard InChI is InChI=1S/C9H11B/c1-2-3-8-4-6-9(10)7-5-8/h2,4-7H,1,3,10H2. The van der Waals surface area contributed by atoms with Gasteiger partial charge in [-0.15, -0.1) is 6.58 Å². The first-order chi connectivity index (χ1) is 4.83. The molecule has 0 aromatic heterocycles. The topological polar surface area (TPSA) is 0 Å². The zero-order valence-electron chi connectivity index (χ0n) is 6.30. The maximum atomic E-state index is 3.68. The van der Waals surface area contributed by atoms with Crippen molar-refractivity contribution in [2.75, 3.05) is 0 Å². The molecule has 0 aliphatic rings. The molecule has 0 amide bonds. The van der Waals surface area contributed by atoms with Crippen LogP contribution in [0.1, 0.15) is 5.56 Å². The minimum Gasteiger partial charge on any atom is -0.103 e. The van der Waals surface area contributed by atoms with Gasteiger partial charge in [-0.3, -0.25) is 0 Å². The Morgan fingerprint density at radius 1 is 1.30 bits per heavy atom. The Morgan fingerprint density at radius 3 is 2.40 bits per heavy atom. The highest BCUT2D eigenvalue weighted by atomic mass is 13.9. The van der Waals surface area contributed by atoms with Crippen LogP contribution in [0.3, 0.4) is 0 Å². The van der Waals surface area contributed by atoms with Crippen LogP contribution in [0.4, 0.5) is 0 Å². The fourth-order valence-corrected chi connectivity index (χ4v) is 0.891. The van der Waals surface area contributed by atoms with Gasteiger partial charge < -0.3 is 0 Å². The SMILES string of the molecule is Bc1ccc(CC=C)cc1. The number of hydrogen-bond donors (Lipinski definition) is 0. The van der Waals surface area contributed by atoms with Crippen molar-refractivity contribution in [1.82, 2.24) is 0 Å². The lowest BCUT2D eigenvalue weighted by Crippen LogP contribution is -1.99. The fourth-order valence-electron chi connectivity index (χ4n) is 0.891. The van der Waals surface area contributed by atoms with Gasteiger partial charge in [0, 0.05) is 0 Å². The molecule has 1 aromatic carbocycles. The first-order valence-corrected chi connectivity index (χ1v) is 3.49. The highest BCUT2D eigenvalue weighted by Crippen LogP contribution is 1.96. The Kier molecular flexibility index (Phi) is 2.32.